The summed E-state index contributed by atoms with van der Waals surface area (Å²) < 4.78 is 24.8. The first-order valence-electron chi connectivity index (χ1n) is 4.64. The molecule has 6 heteroatoms. The Labute approximate surface area is 94.4 Å². The molecule has 2 N–H and O–H groups in total. The first kappa shape index (κ1) is 12.6. The van der Waals surface area contributed by atoms with Crippen molar-refractivity contribution in [2.24, 2.45) is 0 Å². The van der Waals surface area contributed by atoms with E-state index in [1.54, 1.807) is 24.3 Å². The Morgan fingerprint density at radius 1 is 1.31 bits per heavy atom. The maximum absolute atomic E-state index is 11.2. The minimum atomic E-state index is -3.41. The molecule has 0 saturated heterocycles. The Morgan fingerprint density at radius 3 is 2.44 bits per heavy atom. The Hall–Kier alpha value is -1.42. The van der Waals surface area contributed by atoms with Crippen LogP contribution in [0.25, 0.3) is 0 Å². The molecule has 1 aromatic carbocycles. The lowest BCUT2D eigenvalue weighted by Gasteiger charge is -2.05. The third-order valence-electron chi connectivity index (χ3n) is 1.94. The predicted octanol–water partition coefficient (Wildman–Crippen LogP) is -0.0300. The molecule has 0 aromatic heterocycles. The molecule has 0 spiro atoms. The van der Waals surface area contributed by atoms with Crippen LogP contribution in [0.4, 0.5) is 0 Å². The van der Waals surface area contributed by atoms with Gasteiger partial charge >= 0.3 is 0 Å². The smallest absolute Gasteiger partial charge is 0.214 e. The molecule has 0 bridgehead atoms. The maximum atomic E-state index is 11.2. The highest BCUT2D eigenvalue weighted by Crippen LogP contribution is 2.03. The van der Waals surface area contributed by atoms with Crippen molar-refractivity contribution in [1.82, 2.24) is 4.72 Å². The van der Waals surface area contributed by atoms with E-state index in [0.29, 0.717) is 5.56 Å². The minimum Gasteiger partial charge on any atom is -0.395 e. The minimum absolute atomic E-state index is 0.161. The molecule has 5 nitrogen and oxygen atoms in total. The molecule has 0 heterocycles. The van der Waals surface area contributed by atoms with Gasteiger partial charge < -0.3 is 5.11 Å². The van der Waals surface area contributed by atoms with Gasteiger partial charge in [0.2, 0.25) is 10.0 Å². The average Bonchev–Trinajstić information content (AvgIpc) is 2.27. The third kappa shape index (κ3) is 3.98. The van der Waals surface area contributed by atoms with Crippen LogP contribution in [-0.2, 0) is 16.6 Å². The fourth-order valence-corrected chi connectivity index (χ4v) is 1.85. The molecular formula is C10H12N2O3S. The van der Waals surface area contributed by atoms with Gasteiger partial charge in [-0.2, -0.15) is 5.26 Å². The Morgan fingerprint density at radius 2 is 1.94 bits per heavy atom. The lowest BCUT2D eigenvalue weighted by Crippen LogP contribution is -2.27. The fraction of sp³-hybridized carbons (Fsp3) is 0.300. The van der Waals surface area contributed by atoms with Gasteiger partial charge in [-0.3, -0.25) is 0 Å². The molecule has 0 saturated carbocycles. The quantitative estimate of drug-likeness (QED) is 0.756. The Balaban J connectivity index is 2.59. The van der Waals surface area contributed by atoms with Crippen LogP contribution in [0, 0.1) is 11.3 Å². The van der Waals surface area contributed by atoms with E-state index in [-0.39, 0.29) is 12.3 Å². The van der Waals surface area contributed by atoms with Crippen molar-refractivity contribution < 1.29 is 13.5 Å². The molecule has 0 aliphatic carbocycles. The van der Waals surface area contributed by atoms with Crippen LogP contribution in [-0.4, -0.2) is 25.9 Å². The number of sulfonamides is 1. The Bertz CT molecular complexity index is 474. The number of hydrogen-bond acceptors (Lipinski definition) is 4. The summed E-state index contributed by atoms with van der Waals surface area (Å²) in [6, 6.07) is 8.58. The first-order valence-corrected chi connectivity index (χ1v) is 6.30. The van der Waals surface area contributed by atoms with Crippen molar-refractivity contribution in [3.63, 3.8) is 0 Å². The average molecular weight is 240 g/mol. The predicted molar refractivity (Wildman–Crippen MR) is 58.9 cm³/mol. The zero-order valence-corrected chi connectivity index (χ0v) is 9.37. The second-order valence-electron chi connectivity index (χ2n) is 3.17. The van der Waals surface area contributed by atoms with Gasteiger partial charge in [-0.15, -0.1) is 0 Å². The molecule has 1 rings (SSSR count). The van der Waals surface area contributed by atoms with Crippen LogP contribution in [0.15, 0.2) is 24.3 Å². The topological polar surface area (TPSA) is 90.2 Å². The van der Waals surface area contributed by atoms with E-state index in [0.717, 1.165) is 5.56 Å². The molecule has 1 aromatic rings. The summed E-state index contributed by atoms with van der Waals surface area (Å²) >= 11 is 0. The van der Waals surface area contributed by atoms with Crippen molar-refractivity contribution >= 4 is 10.0 Å². The summed E-state index contributed by atoms with van der Waals surface area (Å²) in [6.45, 7) is -0.239. The second-order valence-corrected chi connectivity index (χ2v) is 5.10. The maximum Gasteiger partial charge on any atom is 0.214 e. The van der Waals surface area contributed by atoms with Crippen molar-refractivity contribution in [2.75, 3.05) is 12.4 Å². The van der Waals surface area contributed by atoms with Crippen molar-refractivity contribution in [2.45, 2.75) is 6.54 Å². The van der Waals surface area contributed by atoms with E-state index in [2.05, 4.69) is 4.72 Å². The van der Waals surface area contributed by atoms with Gasteiger partial charge in [0.15, 0.2) is 0 Å². The van der Waals surface area contributed by atoms with Crippen LogP contribution < -0.4 is 4.72 Å². The molecule has 0 aliphatic heterocycles. The summed E-state index contributed by atoms with van der Waals surface area (Å²) in [7, 11) is -3.41. The molecule has 0 aliphatic rings. The standard InChI is InChI=1S/C10H12N2O3S/c11-7-9-1-3-10(4-2-9)8-12-16(14,15)6-5-13/h1-4,12-13H,5-6,8H2. The molecule has 0 fully saturated rings. The van der Waals surface area contributed by atoms with Gasteiger partial charge in [0.1, 0.15) is 0 Å². The van der Waals surface area contributed by atoms with Crippen LogP contribution in [0.2, 0.25) is 0 Å². The first-order chi connectivity index (χ1) is 7.57. The largest absolute Gasteiger partial charge is 0.395 e. The van der Waals surface area contributed by atoms with E-state index < -0.39 is 16.6 Å². The van der Waals surface area contributed by atoms with Crippen LogP contribution >= 0.6 is 0 Å². The highest BCUT2D eigenvalue weighted by atomic mass is 32.2. The molecule has 0 radical (unpaired) electrons. The van der Waals surface area contributed by atoms with Crippen molar-refractivity contribution in [3.05, 3.63) is 35.4 Å². The monoisotopic (exact) mass is 240 g/mol. The number of nitrogens with one attached hydrogen (secondary N) is 1. The van der Waals surface area contributed by atoms with Crippen LogP contribution in [0.5, 0.6) is 0 Å². The van der Waals surface area contributed by atoms with E-state index in [1.807, 2.05) is 6.07 Å². The number of hydrogen-bond donors (Lipinski definition) is 2. The number of rotatable bonds is 5. The van der Waals surface area contributed by atoms with E-state index in [9.17, 15) is 8.42 Å². The second kappa shape index (κ2) is 5.61. The number of nitrogens with zero attached hydrogens (tertiary/aromatic N) is 1. The zero-order valence-electron chi connectivity index (χ0n) is 8.55. The van der Waals surface area contributed by atoms with Gasteiger partial charge in [-0.25, -0.2) is 13.1 Å². The van der Waals surface area contributed by atoms with Gasteiger partial charge in [-0.1, -0.05) is 12.1 Å². The lowest BCUT2D eigenvalue weighted by molar-refractivity contribution is 0.319. The number of aliphatic hydroxyl groups is 1. The summed E-state index contributed by atoms with van der Waals surface area (Å²) in [4.78, 5) is 0. The fourth-order valence-electron chi connectivity index (χ4n) is 1.08. The number of aliphatic hydroxyl groups excluding tert-OH is 1. The van der Waals surface area contributed by atoms with E-state index >= 15 is 0 Å². The number of nitriles is 1. The lowest BCUT2D eigenvalue weighted by atomic mass is 10.1. The van der Waals surface area contributed by atoms with E-state index in [1.165, 1.54) is 0 Å². The molecule has 0 unspecified atom stereocenters. The van der Waals surface area contributed by atoms with Crippen LogP contribution in [0.1, 0.15) is 11.1 Å². The van der Waals surface area contributed by atoms with Crippen molar-refractivity contribution in [3.8, 4) is 6.07 Å². The van der Waals surface area contributed by atoms with Gasteiger partial charge in [0.05, 0.1) is 24.0 Å². The van der Waals surface area contributed by atoms with E-state index in [4.69, 9.17) is 10.4 Å². The van der Waals surface area contributed by atoms with Crippen molar-refractivity contribution in [1.29, 1.82) is 5.26 Å². The summed E-state index contributed by atoms with van der Waals surface area (Å²) in [5.74, 6) is -0.302. The summed E-state index contributed by atoms with van der Waals surface area (Å²) in [5.41, 5.74) is 1.29. The molecular weight excluding hydrogens is 228 g/mol. The molecule has 0 amide bonds. The zero-order chi connectivity index (χ0) is 12.0. The third-order valence-corrected chi connectivity index (χ3v) is 3.24. The molecule has 86 valence electrons. The summed E-state index contributed by atoms with van der Waals surface area (Å²) in [5, 5.41) is 17.1. The van der Waals surface area contributed by atoms with Gasteiger partial charge in [0, 0.05) is 6.54 Å². The van der Waals surface area contributed by atoms with Gasteiger partial charge in [0.25, 0.3) is 0 Å². The summed E-state index contributed by atoms with van der Waals surface area (Å²) in [6.07, 6.45) is 0. The van der Waals surface area contributed by atoms with Gasteiger partial charge in [-0.05, 0) is 17.7 Å². The highest BCUT2D eigenvalue weighted by Gasteiger charge is 2.08. The molecule has 16 heavy (non-hydrogen) atoms. The normalized spacial score (nSPS) is 11.0. The highest BCUT2D eigenvalue weighted by molar-refractivity contribution is 7.89. The van der Waals surface area contributed by atoms with Crippen LogP contribution in [0.3, 0.4) is 0 Å². The SMILES string of the molecule is N#Cc1ccc(CNS(=O)(=O)CCO)cc1. The number of benzene rings is 1. The molecule has 0 atom stereocenters. The Kier molecular flexibility index (Phi) is 4.43.